The molecule has 0 aliphatic rings. The van der Waals surface area contributed by atoms with Gasteiger partial charge in [-0.15, -0.1) is 0 Å². The maximum absolute atomic E-state index is 12.5. The van der Waals surface area contributed by atoms with E-state index >= 15 is 0 Å². The highest BCUT2D eigenvalue weighted by Gasteiger charge is 2.20. The summed E-state index contributed by atoms with van der Waals surface area (Å²) in [5.74, 6) is 1.28. The number of ether oxygens (including phenoxy) is 3. The molecule has 2 aromatic rings. The van der Waals surface area contributed by atoms with Crippen LogP contribution in [-0.2, 0) is 0 Å². The van der Waals surface area contributed by atoms with Crippen LogP contribution in [0.25, 0.3) is 0 Å². The number of hydrogen-bond acceptors (Lipinski definition) is 4. The molecule has 0 aliphatic carbocycles. The van der Waals surface area contributed by atoms with Crippen molar-refractivity contribution in [3.63, 3.8) is 0 Å². The van der Waals surface area contributed by atoms with Gasteiger partial charge in [-0.25, -0.2) is 0 Å². The number of carbonyl (C=O) groups is 1. The molecular formula is C19H23NO4. The van der Waals surface area contributed by atoms with Gasteiger partial charge in [0.05, 0.1) is 26.9 Å². The number of carbonyl (C=O) groups excluding carboxylic acids is 1. The average molecular weight is 329 g/mol. The predicted molar refractivity (Wildman–Crippen MR) is 93.3 cm³/mol. The minimum Gasteiger partial charge on any atom is -0.493 e. The molecule has 0 aliphatic heterocycles. The van der Waals surface area contributed by atoms with Crippen LogP contribution in [0.3, 0.4) is 0 Å². The molecule has 2 rings (SSSR count). The predicted octanol–water partition coefficient (Wildman–Crippen LogP) is 3.25. The van der Waals surface area contributed by atoms with E-state index in [9.17, 15) is 4.79 Å². The molecule has 1 atom stereocenters. The first-order valence-electron chi connectivity index (χ1n) is 7.74. The SMILES string of the molecule is COc1ccc(C(=O)NC[C@H](C)c2ccccc2)c(OC)c1OC. The Hall–Kier alpha value is -2.69. The van der Waals surface area contributed by atoms with Crippen LogP contribution in [0.2, 0.25) is 0 Å². The molecule has 2 aromatic carbocycles. The van der Waals surface area contributed by atoms with E-state index in [1.54, 1.807) is 19.2 Å². The molecular weight excluding hydrogens is 306 g/mol. The second-order valence-electron chi connectivity index (χ2n) is 5.40. The summed E-state index contributed by atoms with van der Waals surface area (Å²) in [5, 5.41) is 2.95. The monoisotopic (exact) mass is 329 g/mol. The lowest BCUT2D eigenvalue weighted by Crippen LogP contribution is -2.28. The Labute approximate surface area is 142 Å². The Balaban J connectivity index is 2.15. The summed E-state index contributed by atoms with van der Waals surface area (Å²) in [6.07, 6.45) is 0. The van der Waals surface area contributed by atoms with Crippen molar-refractivity contribution in [1.82, 2.24) is 5.32 Å². The lowest BCUT2D eigenvalue weighted by Gasteiger charge is -2.17. The Morgan fingerprint density at radius 2 is 1.62 bits per heavy atom. The van der Waals surface area contributed by atoms with Gasteiger partial charge < -0.3 is 19.5 Å². The minimum atomic E-state index is -0.212. The summed E-state index contributed by atoms with van der Waals surface area (Å²) >= 11 is 0. The molecule has 5 heteroatoms. The van der Waals surface area contributed by atoms with Crippen molar-refractivity contribution < 1.29 is 19.0 Å². The number of benzene rings is 2. The van der Waals surface area contributed by atoms with Gasteiger partial charge in [0.1, 0.15) is 0 Å². The first kappa shape index (κ1) is 17.7. The fourth-order valence-electron chi connectivity index (χ4n) is 2.52. The topological polar surface area (TPSA) is 56.8 Å². The van der Waals surface area contributed by atoms with Gasteiger partial charge in [-0.3, -0.25) is 4.79 Å². The first-order valence-corrected chi connectivity index (χ1v) is 7.74. The summed E-state index contributed by atoms with van der Waals surface area (Å²) in [5.41, 5.74) is 1.59. The largest absolute Gasteiger partial charge is 0.493 e. The van der Waals surface area contributed by atoms with Crippen molar-refractivity contribution in [3.8, 4) is 17.2 Å². The van der Waals surface area contributed by atoms with E-state index in [1.165, 1.54) is 19.8 Å². The fourth-order valence-corrected chi connectivity index (χ4v) is 2.52. The zero-order valence-electron chi connectivity index (χ0n) is 14.5. The van der Waals surface area contributed by atoms with E-state index in [4.69, 9.17) is 14.2 Å². The van der Waals surface area contributed by atoms with E-state index in [-0.39, 0.29) is 11.8 Å². The van der Waals surface area contributed by atoms with Gasteiger partial charge in [-0.1, -0.05) is 37.3 Å². The summed E-state index contributed by atoms with van der Waals surface area (Å²) in [4.78, 5) is 12.5. The summed E-state index contributed by atoms with van der Waals surface area (Å²) in [6.45, 7) is 2.60. The van der Waals surface area contributed by atoms with Crippen LogP contribution in [0.15, 0.2) is 42.5 Å². The standard InChI is InChI=1S/C19H23NO4/c1-13(14-8-6-5-7-9-14)12-20-19(21)15-10-11-16(22-2)18(24-4)17(15)23-3/h5-11,13H,12H2,1-4H3,(H,20,21)/t13-/m0/s1. The van der Waals surface area contributed by atoms with Gasteiger partial charge in [0, 0.05) is 6.54 Å². The Bertz CT molecular complexity index is 685. The Morgan fingerprint density at radius 1 is 0.958 bits per heavy atom. The normalized spacial score (nSPS) is 11.5. The first-order chi connectivity index (χ1) is 11.6. The molecule has 5 nitrogen and oxygen atoms in total. The van der Waals surface area contributed by atoms with Crippen LogP contribution in [0, 0.1) is 0 Å². The van der Waals surface area contributed by atoms with Crippen LogP contribution < -0.4 is 19.5 Å². The van der Waals surface area contributed by atoms with E-state index in [2.05, 4.69) is 12.2 Å². The molecule has 0 heterocycles. The Morgan fingerprint density at radius 3 is 2.21 bits per heavy atom. The molecule has 0 unspecified atom stereocenters. The quantitative estimate of drug-likeness (QED) is 0.847. The van der Waals surface area contributed by atoms with E-state index in [0.717, 1.165) is 0 Å². The van der Waals surface area contributed by atoms with Crippen molar-refractivity contribution in [1.29, 1.82) is 0 Å². The third-order valence-corrected chi connectivity index (χ3v) is 3.89. The van der Waals surface area contributed by atoms with Gasteiger partial charge in [0.2, 0.25) is 5.75 Å². The molecule has 0 radical (unpaired) electrons. The highest BCUT2D eigenvalue weighted by molar-refractivity contribution is 5.98. The van der Waals surface area contributed by atoms with Gasteiger partial charge in [-0.2, -0.15) is 0 Å². The number of nitrogens with one attached hydrogen (secondary N) is 1. The molecule has 0 saturated heterocycles. The molecule has 0 saturated carbocycles. The highest BCUT2D eigenvalue weighted by atomic mass is 16.5. The van der Waals surface area contributed by atoms with Gasteiger partial charge in [0.25, 0.3) is 5.91 Å². The highest BCUT2D eigenvalue weighted by Crippen LogP contribution is 2.39. The molecule has 24 heavy (non-hydrogen) atoms. The third kappa shape index (κ3) is 3.79. The summed E-state index contributed by atoms with van der Waals surface area (Å²) in [7, 11) is 4.55. The molecule has 128 valence electrons. The van der Waals surface area contributed by atoms with Crippen molar-refractivity contribution in [2.24, 2.45) is 0 Å². The average Bonchev–Trinajstić information content (AvgIpc) is 2.64. The zero-order chi connectivity index (χ0) is 17.5. The van der Waals surface area contributed by atoms with E-state index < -0.39 is 0 Å². The van der Waals surface area contributed by atoms with E-state index in [1.807, 2.05) is 30.3 Å². The van der Waals surface area contributed by atoms with Crippen molar-refractivity contribution >= 4 is 5.91 Å². The second-order valence-corrected chi connectivity index (χ2v) is 5.40. The van der Waals surface area contributed by atoms with Crippen LogP contribution in [-0.4, -0.2) is 33.8 Å². The molecule has 0 bridgehead atoms. The number of hydrogen-bond donors (Lipinski definition) is 1. The minimum absolute atomic E-state index is 0.210. The van der Waals surface area contributed by atoms with Crippen molar-refractivity contribution in [2.75, 3.05) is 27.9 Å². The lowest BCUT2D eigenvalue weighted by molar-refractivity contribution is 0.0948. The van der Waals surface area contributed by atoms with Crippen LogP contribution in [0.1, 0.15) is 28.8 Å². The molecule has 0 fully saturated rings. The van der Waals surface area contributed by atoms with Crippen molar-refractivity contribution in [3.05, 3.63) is 53.6 Å². The van der Waals surface area contributed by atoms with Crippen molar-refractivity contribution in [2.45, 2.75) is 12.8 Å². The molecule has 0 spiro atoms. The van der Waals surface area contributed by atoms with Crippen LogP contribution in [0.4, 0.5) is 0 Å². The zero-order valence-corrected chi connectivity index (χ0v) is 14.5. The summed E-state index contributed by atoms with van der Waals surface area (Å²) in [6, 6.07) is 13.4. The molecule has 0 aromatic heterocycles. The molecule has 1 N–H and O–H groups in total. The number of rotatable bonds is 7. The van der Waals surface area contributed by atoms with E-state index in [0.29, 0.717) is 29.4 Å². The smallest absolute Gasteiger partial charge is 0.255 e. The number of amides is 1. The van der Waals surface area contributed by atoms with Gasteiger partial charge in [-0.05, 0) is 23.6 Å². The second kappa shape index (κ2) is 8.24. The number of methoxy groups -OCH3 is 3. The Kier molecular flexibility index (Phi) is 6.07. The summed E-state index contributed by atoms with van der Waals surface area (Å²) < 4.78 is 15.9. The lowest BCUT2D eigenvalue weighted by atomic mass is 10.0. The van der Waals surface area contributed by atoms with Crippen LogP contribution in [0.5, 0.6) is 17.2 Å². The third-order valence-electron chi connectivity index (χ3n) is 3.89. The van der Waals surface area contributed by atoms with Crippen LogP contribution >= 0.6 is 0 Å². The van der Waals surface area contributed by atoms with Gasteiger partial charge in [0.15, 0.2) is 11.5 Å². The maximum Gasteiger partial charge on any atom is 0.255 e. The fraction of sp³-hybridized carbons (Fsp3) is 0.316. The molecule has 1 amide bonds. The maximum atomic E-state index is 12.5. The van der Waals surface area contributed by atoms with Gasteiger partial charge >= 0.3 is 0 Å².